The first-order valence-electron chi connectivity index (χ1n) is 8.61. The van der Waals surface area contributed by atoms with Crippen molar-refractivity contribution in [2.24, 2.45) is 5.92 Å². The molecule has 3 rings (SSSR count). The first-order valence-corrected chi connectivity index (χ1v) is 8.61. The Labute approximate surface area is 154 Å². The van der Waals surface area contributed by atoms with Gasteiger partial charge in [0.1, 0.15) is 5.82 Å². The number of carbonyl (C=O) groups excluding carboxylic acids is 2. The molecule has 25 heavy (non-hydrogen) atoms. The fraction of sp³-hybridized carbons (Fsp3) is 0.556. The van der Waals surface area contributed by atoms with E-state index in [1.54, 1.807) is 24.0 Å². The molecule has 138 valence electrons. The maximum Gasteiger partial charge on any atom is 0.254 e. The maximum atomic E-state index is 13.7. The van der Waals surface area contributed by atoms with Crippen LogP contribution in [0.15, 0.2) is 18.2 Å². The summed E-state index contributed by atoms with van der Waals surface area (Å²) in [4.78, 5) is 28.6. The van der Waals surface area contributed by atoms with Crippen molar-refractivity contribution in [3.8, 4) is 0 Å². The molecule has 2 aliphatic heterocycles. The largest absolute Gasteiger partial charge is 0.339 e. The van der Waals surface area contributed by atoms with Crippen LogP contribution in [0.1, 0.15) is 28.8 Å². The number of carbonyl (C=O) groups is 2. The third kappa shape index (κ3) is 4.50. The number of rotatable bonds is 2. The third-order valence-corrected chi connectivity index (χ3v) is 4.99. The highest BCUT2D eigenvalue weighted by Crippen LogP contribution is 2.18. The van der Waals surface area contributed by atoms with E-state index in [1.165, 1.54) is 6.07 Å². The highest BCUT2D eigenvalue weighted by atomic mass is 35.5. The second-order valence-electron chi connectivity index (χ2n) is 6.61. The van der Waals surface area contributed by atoms with Gasteiger partial charge in [0.05, 0.1) is 0 Å². The SMILES string of the molecule is Cc1ccc(C(=O)N2CCN(C(=O)C3CCNCC3)CC2)cc1F.Cl. The molecule has 2 amide bonds. The van der Waals surface area contributed by atoms with E-state index in [0.717, 1.165) is 25.9 Å². The van der Waals surface area contributed by atoms with Gasteiger partial charge in [-0.25, -0.2) is 4.39 Å². The summed E-state index contributed by atoms with van der Waals surface area (Å²) in [5, 5.41) is 3.27. The topological polar surface area (TPSA) is 52.7 Å². The second-order valence-corrected chi connectivity index (χ2v) is 6.61. The van der Waals surface area contributed by atoms with Gasteiger partial charge >= 0.3 is 0 Å². The van der Waals surface area contributed by atoms with Gasteiger partial charge in [-0.15, -0.1) is 12.4 Å². The Hall–Kier alpha value is -1.66. The first-order chi connectivity index (χ1) is 11.6. The Morgan fingerprint density at radius 3 is 2.28 bits per heavy atom. The van der Waals surface area contributed by atoms with Gasteiger partial charge < -0.3 is 15.1 Å². The Morgan fingerprint density at radius 2 is 1.68 bits per heavy atom. The molecule has 0 atom stereocenters. The van der Waals surface area contributed by atoms with E-state index in [9.17, 15) is 14.0 Å². The van der Waals surface area contributed by atoms with E-state index in [4.69, 9.17) is 0 Å². The van der Waals surface area contributed by atoms with Gasteiger partial charge in [0.25, 0.3) is 5.91 Å². The first kappa shape index (κ1) is 19.7. The molecule has 0 aromatic heterocycles. The van der Waals surface area contributed by atoms with Gasteiger partial charge in [-0.2, -0.15) is 0 Å². The van der Waals surface area contributed by atoms with Crippen molar-refractivity contribution < 1.29 is 14.0 Å². The summed E-state index contributed by atoms with van der Waals surface area (Å²) < 4.78 is 13.7. The minimum atomic E-state index is -0.361. The molecule has 2 heterocycles. The molecule has 2 fully saturated rings. The van der Waals surface area contributed by atoms with Crippen molar-refractivity contribution in [3.05, 3.63) is 35.1 Å². The van der Waals surface area contributed by atoms with E-state index in [1.807, 2.05) is 4.90 Å². The van der Waals surface area contributed by atoms with Gasteiger partial charge in [0.2, 0.25) is 5.91 Å². The van der Waals surface area contributed by atoms with Crippen LogP contribution in [0.5, 0.6) is 0 Å². The summed E-state index contributed by atoms with van der Waals surface area (Å²) in [5.74, 6) is -0.201. The molecule has 0 bridgehead atoms. The van der Waals surface area contributed by atoms with E-state index in [0.29, 0.717) is 37.3 Å². The number of halogens is 2. The number of hydrogen-bond donors (Lipinski definition) is 1. The van der Waals surface area contributed by atoms with Crippen LogP contribution in [-0.2, 0) is 4.79 Å². The van der Waals surface area contributed by atoms with E-state index in [-0.39, 0.29) is 36.0 Å². The molecule has 0 saturated carbocycles. The van der Waals surface area contributed by atoms with E-state index >= 15 is 0 Å². The quantitative estimate of drug-likeness (QED) is 0.865. The summed E-state index contributed by atoms with van der Waals surface area (Å²) in [5.41, 5.74) is 0.903. The van der Waals surface area contributed by atoms with Crippen LogP contribution >= 0.6 is 12.4 Å². The van der Waals surface area contributed by atoms with Crippen molar-refractivity contribution in [2.45, 2.75) is 19.8 Å². The van der Waals surface area contributed by atoms with Gasteiger partial charge in [-0.05, 0) is 50.6 Å². The lowest BCUT2D eigenvalue weighted by atomic mass is 9.96. The predicted octanol–water partition coefficient (Wildman–Crippen LogP) is 1.84. The summed E-state index contributed by atoms with van der Waals surface area (Å²) in [7, 11) is 0. The number of amides is 2. The molecule has 5 nitrogen and oxygen atoms in total. The fourth-order valence-corrected chi connectivity index (χ4v) is 3.37. The van der Waals surface area contributed by atoms with Crippen molar-refractivity contribution in [1.82, 2.24) is 15.1 Å². The number of benzene rings is 1. The normalized spacial score (nSPS) is 18.6. The molecule has 1 aromatic carbocycles. The molecule has 0 aliphatic carbocycles. The fourth-order valence-electron chi connectivity index (χ4n) is 3.37. The number of piperidine rings is 1. The molecule has 2 aliphatic rings. The molecule has 0 unspecified atom stereocenters. The lowest BCUT2D eigenvalue weighted by molar-refractivity contribution is -0.137. The van der Waals surface area contributed by atoms with Crippen LogP contribution in [-0.4, -0.2) is 60.9 Å². The number of nitrogens with one attached hydrogen (secondary N) is 1. The molecule has 0 radical (unpaired) electrons. The van der Waals surface area contributed by atoms with Crippen LogP contribution in [0.4, 0.5) is 4.39 Å². The number of aryl methyl sites for hydroxylation is 1. The lowest BCUT2D eigenvalue weighted by Gasteiger charge is -2.37. The molecule has 7 heteroatoms. The van der Waals surface area contributed by atoms with E-state index < -0.39 is 0 Å². The highest BCUT2D eigenvalue weighted by Gasteiger charge is 2.30. The molecular weight excluding hydrogens is 345 g/mol. The van der Waals surface area contributed by atoms with Gasteiger partial charge in [-0.3, -0.25) is 9.59 Å². The predicted molar refractivity (Wildman–Crippen MR) is 96.5 cm³/mol. The van der Waals surface area contributed by atoms with Crippen molar-refractivity contribution in [3.63, 3.8) is 0 Å². The zero-order valence-corrected chi connectivity index (χ0v) is 15.3. The monoisotopic (exact) mass is 369 g/mol. The van der Waals surface area contributed by atoms with Gasteiger partial charge in [0, 0.05) is 37.7 Å². The van der Waals surface area contributed by atoms with Crippen LogP contribution in [0.2, 0.25) is 0 Å². The lowest BCUT2D eigenvalue weighted by Crippen LogP contribution is -2.52. The minimum absolute atomic E-state index is 0. The average Bonchev–Trinajstić information content (AvgIpc) is 2.63. The van der Waals surface area contributed by atoms with Crippen LogP contribution in [0.3, 0.4) is 0 Å². The van der Waals surface area contributed by atoms with Crippen molar-refractivity contribution >= 4 is 24.2 Å². The Bertz CT molecular complexity index is 627. The van der Waals surface area contributed by atoms with E-state index in [2.05, 4.69) is 5.32 Å². The van der Waals surface area contributed by atoms with Crippen LogP contribution < -0.4 is 5.32 Å². The Kier molecular flexibility index (Phi) is 6.79. The highest BCUT2D eigenvalue weighted by molar-refractivity contribution is 5.94. The van der Waals surface area contributed by atoms with Gasteiger partial charge in [0.15, 0.2) is 0 Å². The summed E-state index contributed by atoms with van der Waals surface area (Å²) >= 11 is 0. The number of piperazine rings is 1. The third-order valence-electron chi connectivity index (χ3n) is 4.99. The summed E-state index contributed by atoms with van der Waals surface area (Å²) in [6.45, 7) is 5.60. The second kappa shape index (κ2) is 8.63. The van der Waals surface area contributed by atoms with Crippen LogP contribution in [0.25, 0.3) is 0 Å². The van der Waals surface area contributed by atoms with Crippen LogP contribution in [0, 0.1) is 18.7 Å². The standard InChI is InChI=1S/C18H24FN3O2.ClH/c1-13-2-3-15(12-16(13)19)18(24)22-10-8-21(9-11-22)17(23)14-4-6-20-7-5-14;/h2-3,12,14,20H,4-11H2,1H3;1H. The zero-order chi connectivity index (χ0) is 17.1. The van der Waals surface area contributed by atoms with Crippen molar-refractivity contribution in [1.29, 1.82) is 0 Å². The summed E-state index contributed by atoms with van der Waals surface area (Å²) in [6, 6.07) is 4.58. The molecule has 1 aromatic rings. The molecule has 2 saturated heterocycles. The maximum absolute atomic E-state index is 13.7. The minimum Gasteiger partial charge on any atom is -0.339 e. The summed E-state index contributed by atoms with van der Waals surface area (Å²) in [6.07, 6.45) is 1.78. The van der Waals surface area contributed by atoms with Gasteiger partial charge in [-0.1, -0.05) is 6.07 Å². The average molecular weight is 370 g/mol. The molecule has 0 spiro atoms. The number of hydrogen-bond acceptors (Lipinski definition) is 3. The Balaban J connectivity index is 0.00000225. The Morgan fingerprint density at radius 1 is 1.08 bits per heavy atom. The zero-order valence-electron chi connectivity index (χ0n) is 14.5. The van der Waals surface area contributed by atoms with Crippen molar-refractivity contribution in [2.75, 3.05) is 39.3 Å². The molecule has 1 N–H and O–H groups in total. The number of nitrogens with zero attached hydrogens (tertiary/aromatic N) is 2. The smallest absolute Gasteiger partial charge is 0.254 e. The molecular formula is C18H25ClFN3O2.